The number of aldehydes is 1. The number of carbonyl (C=O) groups is 1. The van der Waals surface area contributed by atoms with Crippen LogP contribution in [0.4, 0.5) is 0 Å². The van der Waals surface area contributed by atoms with E-state index in [2.05, 4.69) is 4.74 Å². The lowest BCUT2D eigenvalue weighted by atomic mass is 10.4. The van der Waals surface area contributed by atoms with Crippen LogP contribution >= 0.6 is 0 Å². The van der Waals surface area contributed by atoms with E-state index in [1.54, 1.807) is 0 Å². The van der Waals surface area contributed by atoms with Crippen LogP contribution in [0.5, 0.6) is 0 Å². The van der Waals surface area contributed by atoms with Gasteiger partial charge in [-0.05, 0) is 0 Å². The van der Waals surface area contributed by atoms with Gasteiger partial charge in [0.25, 0.3) is 0 Å². The van der Waals surface area contributed by atoms with Crippen molar-refractivity contribution in [3.8, 4) is 0 Å². The molecule has 0 saturated carbocycles. The van der Waals surface area contributed by atoms with Gasteiger partial charge in [-0.2, -0.15) is 0 Å². The Hall–Kier alpha value is -1.08. The average molecular weight is 114 g/mol. The maximum absolute atomic E-state index is 9.68. The summed E-state index contributed by atoms with van der Waals surface area (Å²) in [5.74, 6) is 1.51. The molecule has 44 valence electrons. The van der Waals surface area contributed by atoms with E-state index in [9.17, 15) is 9.59 Å². The van der Waals surface area contributed by atoms with E-state index in [0.717, 1.165) is 0 Å². The summed E-state index contributed by atoms with van der Waals surface area (Å²) in [7, 11) is 1.32. The Morgan fingerprint density at radius 3 is 2.62 bits per heavy atom. The number of methoxy groups -OCH3 is 1. The van der Waals surface area contributed by atoms with Gasteiger partial charge in [0.05, 0.1) is 13.5 Å². The number of ether oxygens (including phenoxy) is 1. The van der Waals surface area contributed by atoms with Gasteiger partial charge in [0, 0.05) is 0 Å². The molecule has 0 aliphatic heterocycles. The first-order chi connectivity index (χ1) is 3.85. The second-order valence-electron chi connectivity index (χ2n) is 1.10. The predicted molar refractivity (Wildman–Crippen MR) is 26.9 cm³/mol. The van der Waals surface area contributed by atoms with Crippen LogP contribution in [0.2, 0.25) is 0 Å². The molecular weight excluding hydrogens is 108 g/mol. The first kappa shape index (κ1) is 6.92. The molecule has 0 unspecified atom stereocenters. The van der Waals surface area contributed by atoms with E-state index in [-0.39, 0.29) is 12.2 Å². The SMILES string of the molecule is COC(=C=O)CC=O. The summed E-state index contributed by atoms with van der Waals surface area (Å²) in [6.45, 7) is 0. The van der Waals surface area contributed by atoms with Gasteiger partial charge in [-0.25, -0.2) is 4.79 Å². The Kier molecular flexibility index (Phi) is 3.54. The molecule has 0 radical (unpaired) electrons. The molecule has 0 amide bonds. The van der Waals surface area contributed by atoms with Crippen molar-refractivity contribution in [2.24, 2.45) is 0 Å². The van der Waals surface area contributed by atoms with Crippen LogP contribution in [0.25, 0.3) is 0 Å². The van der Waals surface area contributed by atoms with Crippen molar-refractivity contribution in [3.05, 3.63) is 5.76 Å². The van der Waals surface area contributed by atoms with Crippen molar-refractivity contribution in [2.45, 2.75) is 6.42 Å². The maximum atomic E-state index is 9.68. The quantitative estimate of drug-likeness (QED) is 0.293. The van der Waals surface area contributed by atoms with E-state index in [0.29, 0.717) is 6.29 Å². The molecule has 8 heavy (non-hydrogen) atoms. The van der Waals surface area contributed by atoms with Crippen LogP contribution in [-0.2, 0) is 14.3 Å². The highest BCUT2D eigenvalue weighted by Gasteiger charge is 1.91. The van der Waals surface area contributed by atoms with E-state index < -0.39 is 0 Å². The number of carbonyl (C=O) groups excluding carboxylic acids is 2. The maximum Gasteiger partial charge on any atom is 0.186 e. The smallest absolute Gasteiger partial charge is 0.186 e. The third-order valence-electron chi connectivity index (χ3n) is 0.629. The zero-order valence-electron chi connectivity index (χ0n) is 4.51. The zero-order chi connectivity index (χ0) is 6.41. The van der Waals surface area contributed by atoms with Crippen LogP contribution in [0.1, 0.15) is 6.42 Å². The normalized spacial score (nSPS) is 7.12. The highest BCUT2D eigenvalue weighted by Crippen LogP contribution is 1.90. The molecule has 0 fully saturated rings. The summed E-state index contributed by atoms with van der Waals surface area (Å²) in [6, 6.07) is 0. The fraction of sp³-hybridized carbons (Fsp3) is 0.400. The third kappa shape index (κ3) is 2.16. The summed E-state index contributed by atoms with van der Waals surface area (Å²) in [5.41, 5.74) is 0. The Balaban J connectivity index is 3.72. The van der Waals surface area contributed by atoms with E-state index in [4.69, 9.17) is 0 Å². The monoisotopic (exact) mass is 114 g/mol. The summed E-state index contributed by atoms with van der Waals surface area (Å²) < 4.78 is 4.40. The van der Waals surface area contributed by atoms with E-state index >= 15 is 0 Å². The Morgan fingerprint density at radius 1 is 1.88 bits per heavy atom. The van der Waals surface area contributed by atoms with Crippen molar-refractivity contribution >= 4 is 12.2 Å². The summed E-state index contributed by atoms with van der Waals surface area (Å²) in [5, 5.41) is 0. The highest BCUT2D eigenvalue weighted by molar-refractivity contribution is 5.61. The Morgan fingerprint density at radius 2 is 2.50 bits per heavy atom. The molecule has 3 nitrogen and oxygen atoms in total. The lowest BCUT2D eigenvalue weighted by Crippen LogP contribution is -1.87. The van der Waals surface area contributed by atoms with Gasteiger partial charge in [-0.3, -0.25) is 0 Å². The van der Waals surface area contributed by atoms with Crippen molar-refractivity contribution in [1.82, 2.24) is 0 Å². The van der Waals surface area contributed by atoms with Crippen LogP contribution in [-0.4, -0.2) is 19.3 Å². The molecule has 0 spiro atoms. The topological polar surface area (TPSA) is 43.4 Å². The van der Waals surface area contributed by atoms with Gasteiger partial charge in [0.15, 0.2) is 11.7 Å². The molecule has 3 heteroatoms. The van der Waals surface area contributed by atoms with Gasteiger partial charge in [0.1, 0.15) is 6.29 Å². The molecule has 0 bridgehead atoms. The van der Waals surface area contributed by atoms with Crippen LogP contribution in [0.3, 0.4) is 0 Å². The number of hydrogen-bond acceptors (Lipinski definition) is 3. The molecule has 0 aromatic carbocycles. The molecule has 0 aromatic heterocycles. The summed E-state index contributed by atoms with van der Waals surface area (Å²) >= 11 is 0. The van der Waals surface area contributed by atoms with Crippen molar-refractivity contribution in [3.63, 3.8) is 0 Å². The average Bonchev–Trinajstić information content (AvgIpc) is 1.83. The van der Waals surface area contributed by atoms with Gasteiger partial charge < -0.3 is 9.53 Å². The molecule has 0 rings (SSSR count). The van der Waals surface area contributed by atoms with Crippen molar-refractivity contribution in [1.29, 1.82) is 0 Å². The van der Waals surface area contributed by atoms with E-state index in [1.165, 1.54) is 13.1 Å². The number of rotatable bonds is 3. The first-order valence-electron chi connectivity index (χ1n) is 2.06. The van der Waals surface area contributed by atoms with Crippen LogP contribution in [0.15, 0.2) is 5.76 Å². The molecule has 0 N–H and O–H groups in total. The molecule has 0 aliphatic rings. The second kappa shape index (κ2) is 4.09. The minimum absolute atomic E-state index is 0.0139. The minimum Gasteiger partial charge on any atom is -0.489 e. The minimum atomic E-state index is 0.0139. The zero-order valence-corrected chi connectivity index (χ0v) is 4.51. The third-order valence-corrected chi connectivity index (χ3v) is 0.629. The Bertz CT molecular complexity index is 122. The van der Waals surface area contributed by atoms with Crippen LogP contribution < -0.4 is 0 Å². The van der Waals surface area contributed by atoms with Gasteiger partial charge >= 0.3 is 0 Å². The molecule has 0 atom stereocenters. The molecule has 0 aliphatic carbocycles. The van der Waals surface area contributed by atoms with Gasteiger partial charge in [-0.1, -0.05) is 0 Å². The molecule has 0 saturated heterocycles. The number of allylic oxidation sites excluding steroid dienone is 1. The molecular formula is C5H6O3. The summed E-state index contributed by atoms with van der Waals surface area (Å²) in [6.07, 6.45) is 0.601. The summed E-state index contributed by atoms with van der Waals surface area (Å²) in [4.78, 5) is 19.3. The number of hydrogen-bond donors (Lipinski definition) is 0. The van der Waals surface area contributed by atoms with Gasteiger partial charge in [0.2, 0.25) is 0 Å². The van der Waals surface area contributed by atoms with Gasteiger partial charge in [-0.15, -0.1) is 0 Å². The van der Waals surface area contributed by atoms with Crippen molar-refractivity contribution in [2.75, 3.05) is 7.11 Å². The second-order valence-corrected chi connectivity index (χ2v) is 1.10. The van der Waals surface area contributed by atoms with Crippen molar-refractivity contribution < 1.29 is 14.3 Å². The first-order valence-corrected chi connectivity index (χ1v) is 2.06. The molecule has 0 aromatic rings. The fourth-order valence-corrected chi connectivity index (χ4v) is 0.242. The lowest BCUT2D eigenvalue weighted by molar-refractivity contribution is -0.107. The fourth-order valence-electron chi connectivity index (χ4n) is 0.242. The highest BCUT2D eigenvalue weighted by atomic mass is 16.5. The molecule has 0 heterocycles. The van der Waals surface area contributed by atoms with Crippen LogP contribution in [0, 0.1) is 0 Å². The largest absolute Gasteiger partial charge is 0.489 e. The lowest BCUT2D eigenvalue weighted by Gasteiger charge is -1.91. The van der Waals surface area contributed by atoms with E-state index in [1.807, 2.05) is 0 Å². The Labute approximate surface area is 46.9 Å². The predicted octanol–water partition coefficient (Wildman–Crippen LogP) is -0.0627. The standard InChI is InChI=1S/C5H6O3/c1-8-5(4-7)2-3-6/h3H,2H2,1H3.